The molecule has 1 unspecified atom stereocenters. The largest absolute Gasteiger partial charge is 0.508 e. The molecule has 1 aliphatic heterocycles. The molecule has 1 aliphatic rings. The van der Waals surface area contributed by atoms with Crippen molar-refractivity contribution in [2.24, 2.45) is 0 Å². The van der Waals surface area contributed by atoms with Crippen LogP contribution in [0.15, 0.2) is 18.2 Å². The fourth-order valence-electron chi connectivity index (χ4n) is 3.50. The summed E-state index contributed by atoms with van der Waals surface area (Å²) >= 11 is 0. The third kappa shape index (κ3) is 3.35. The number of nitrogens with one attached hydrogen (secondary N) is 1. The Morgan fingerprint density at radius 3 is 2.88 bits per heavy atom. The number of hydrogen-bond acceptors (Lipinski definition) is 3. The molecular weight excluding hydrogens is 304 g/mol. The molecule has 5 nitrogen and oxygen atoms in total. The number of carbonyl (C=O) groups excluding carboxylic acids is 1. The van der Waals surface area contributed by atoms with Crippen LogP contribution in [0.3, 0.4) is 0 Å². The molecule has 1 atom stereocenters. The van der Waals surface area contributed by atoms with Crippen LogP contribution in [-0.4, -0.2) is 27.4 Å². The number of alkyl carbamates (subject to hydrolysis) is 1. The molecule has 2 heterocycles. The molecule has 0 spiro atoms. The molecule has 2 aromatic rings. The number of hydrogen-bond donors (Lipinski definition) is 2. The summed E-state index contributed by atoms with van der Waals surface area (Å²) < 4.78 is 7.67. The smallest absolute Gasteiger partial charge is 0.407 e. The standard InChI is InChI=1S/C19H26N2O3/c1-12(20-18(23)24-19(2,3)4)10-14-15-11-13(22)7-8-17(15)21-9-5-6-16(14)21/h7-8,11-12,22H,5-6,9-10H2,1-4H3,(H,20,23). The van der Waals surface area contributed by atoms with Crippen LogP contribution in [0.1, 0.15) is 45.4 Å². The van der Waals surface area contributed by atoms with E-state index in [2.05, 4.69) is 9.88 Å². The van der Waals surface area contributed by atoms with E-state index < -0.39 is 11.7 Å². The van der Waals surface area contributed by atoms with E-state index in [1.54, 1.807) is 6.07 Å². The van der Waals surface area contributed by atoms with Gasteiger partial charge >= 0.3 is 6.09 Å². The fourth-order valence-corrected chi connectivity index (χ4v) is 3.50. The van der Waals surface area contributed by atoms with Crippen molar-refractivity contribution < 1.29 is 14.6 Å². The van der Waals surface area contributed by atoms with Crippen molar-refractivity contribution in [3.05, 3.63) is 29.5 Å². The summed E-state index contributed by atoms with van der Waals surface area (Å²) in [6, 6.07) is 5.50. The van der Waals surface area contributed by atoms with E-state index in [1.807, 2.05) is 39.8 Å². The summed E-state index contributed by atoms with van der Waals surface area (Å²) in [5, 5.41) is 13.9. The van der Waals surface area contributed by atoms with E-state index in [9.17, 15) is 9.90 Å². The van der Waals surface area contributed by atoms with Gasteiger partial charge in [0, 0.05) is 29.2 Å². The van der Waals surface area contributed by atoms with Gasteiger partial charge in [0.05, 0.1) is 0 Å². The van der Waals surface area contributed by atoms with Gasteiger partial charge in [-0.05, 0) is 70.7 Å². The van der Waals surface area contributed by atoms with Crippen LogP contribution < -0.4 is 5.32 Å². The molecule has 0 saturated heterocycles. The lowest BCUT2D eigenvalue weighted by atomic mass is 10.0. The van der Waals surface area contributed by atoms with Gasteiger partial charge < -0.3 is 19.7 Å². The second-order valence-corrected chi connectivity index (χ2v) is 7.63. The minimum absolute atomic E-state index is 0.0434. The van der Waals surface area contributed by atoms with Crippen molar-refractivity contribution in [3.63, 3.8) is 0 Å². The van der Waals surface area contributed by atoms with Gasteiger partial charge in [-0.15, -0.1) is 0 Å². The maximum Gasteiger partial charge on any atom is 0.407 e. The Morgan fingerprint density at radius 2 is 2.17 bits per heavy atom. The molecule has 0 saturated carbocycles. The van der Waals surface area contributed by atoms with Crippen LogP contribution in [0.2, 0.25) is 0 Å². The molecule has 1 aromatic heterocycles. The Bertz CT molecular complexity index is 771. The minimum atomic E-state index is -0.500. The van der Waals surface area contributed by atoms with E-state index in [0.29, 0.717) is 0 Å². The van der Waals surface area contributed by atoms with Gasteiger partial charge in [0.1, 0.15) is 11.4 Å². The normalized spacial score (nSPS) is 15.3. The number of nitrogens with zero attached hydrogens (tertiary/aromatic N) is 1. The molecule has 3 rings (SSSR count). The van der Waals surface area contributed by atoms with Crippen LogP contribution >= 0.6 is 0 Å². The molecule has 0 bridgehead atoms. The third-order valence-electron chi connectivity index (χ3n) is 4.34. The van der Waals surface area contributed by atoms with Gasteiger partial charge in [0.15, 0.2) is 0 Å². The Kier molecular flexibility index (Phi) is 4.20. The quantitative estimate of drug-likeness (QED) is 0.901. The lowest BCUT2D eigenvalue weighted by molar-refractivity contribution is 0.0508. The van der Waals surface area contributed by atoms with Crippen LogP contribution in [0, 0.1) is 0 Å². The second-order valence-electron chi connectivity index (χ2n) is 7.63. The average molecular weight is 330 g/mol. The van der Waals surface area contributed by atoms with E-state index in [-0.39, 0.29) is 11.8 Å². The van der Waals surface area contributed by atoms with Gasteiger partial charge in [-0.25, -0.2) is 4.79 Å². The summed E-state index contributed by atoms with van der Waals surface area (Å²) in [4.78, 5) is 12.0. The van der Waals surface area contributed by atoms with Crippen LogP contribution in [-0.2, 0) is 24.1 Å². The van der Waals surface area contributed by atoms with Crippen molar-refractivity contribution in [1.29, 1.82) is 0 Å². The van der Waals surface area contributed by atoms with Gasteiger partial charge in [-0.2, -0.15) is 0 Å². The highest BCUT2D eigenvalue weighted by molar-refractivity contribution is 5.87. The maximum atomic E-state index is 12.0. The molecule has 130 valence electrons. The number of phenolic OH excluding ortho intramolecular Hbond substituents is 1. The van der Waals surface area contributed by atoms with Crippen molar-refractivity contribution in [2.45, 2.75) is 65.1 Å². The predicted octanol–water partition coefficient (Wildman–Crippen LogP) is 3.75. The highest BCUT2D eigenvalue weighted by Gasteiger charge is 2.24. The Hall–Kier alpha value is -2.17. The highest BCUT2D eigenvalue weighted by Crippen LogP contribution is 2.34. The fraction of sp³-hybridized carbons (Fsp3) is 0.526. The molecule has 1 amide bonds. The number of carbonyl (C=O) groups is 1. The molecule has 0 radical (unpaired) electrons. The number of benzene rings is 1. The predicted molar refractivity (Wildman–Crippen MR) is 94.5 cm³/mol. The summed E-state index contributed by atoms with van der Waals surface area (Å²) in [6.45, 7) is 8.57. The number of aromatic hydroxyl groups is 1. The number of aryl methyl sites for hydroxylation is 1. The average Bonchev–Trinajstić information content (AvgIpc) is 2.99. The maximum absolute atomic E-state index is 12.0. The van der Waals surface area contributed by atoms with Gasteiger partial charge in [0.2, 0.25) is 0 Å². The SMILES string of the molecule is CC(Cc1c2n(c3ccc(O)cc13)CCC2)NC(=O)OC(C)(C)C. The molecule has 0 fully saturated rings. The number of phenols is 1. The number of ether oxygens (including phenoxy) is 1. The first-order chi connectivity index (χ1) is 11.2. The lowest BCUT2D eigenvalue weighted by Gasteiger charge is -2.22. The molecule has 1 aromatic carbocycles. The van der Waals surface area contributed by atoms with Crippen molar-refractivity contribution in [2.75, 3.05) is 0 Å². The van der Waals surface area contributed by atoms with Gasteiger partial charge in [-0.1, -0.05) is 0 Å². The summed E-state index contributed by atoms with van der Waals surface area (Å²) in [5.41, 5.74) is 3.22. The number of aromatic nitrogens is 1. The Balaban J connectivity index is 1.82. The zero-order valence-electron chi connectivity index (χ0n) is 14.8. The number of rotatable bonds is 3. The number of amides is 1. The first-order valence-electron chi connectivity index (χ1n) is 8.57. The monoisotopic (exact) mass is 330 g/mol. The zero-order chi connectivity index (χ0) is 17.5. The Labute approximate surface area is 142 Å². The highest BCUT2D eigenvalue weighted by atomic mass is 16.6. The molecular formula is C19H26N2O3. The first-order valence-corrected chi connectivity index (χ1v) is 8.57. The van der Waals surface area contributed by atoms with Gasteiger partial charge in [0.25, 0.3) is 0 Å². The molecule has 2 N–H and O–H groups in total. The zero-order valence-corrected chi connectivity index (χ0v) is 14.8. The number of fused-ring (bicyclic) bond motifs is 3. The van der Waals surface area contributed by atoms with Crippen LogP contribution in [0.4, 0.5) is 4.79 Å². The summed E-state index contributed by atoms with van der Waals surface area (Å²) in [5.74, 6) is 0.278. The minimum Gasteiger partial charge on any atom is -0.508 e. The molecule has 24 heavy (non-hydrogen) atoms. The first kappa shape index (κ1) is 16.7. The van der Waals surface area contributed by atoms with E-state index in [1.165, 1.54) is 16.8 Å². The molecule has 5 heteroatoms. The summed E-state index contributed by atoms with van der Waals surface area (Å²) in [7, 11) is 0. The Morgan fingerprint density at radius 1 is 1.42 bits per heavy atom. The second kappa shape index (κ2) is 6.04. The van der Waals surface area contributed by atoms with Crippen molar-refractivity contribution in [3.8, 4) is 5.75 Å². The van der Waals surface area contributed by atoms with E-state index in [0.717, 1.165) is 31.2 Å². The van der Waals surface area contributed by atoms with Gasteiger partial charge in [-0.3, -0.25) is 0 Å². The van der Waals surface area contributed by atoms with Crippen LogP contribution in [0.25, 0.3) is 10.9 Å². The molecule has 0 aliphatic carbocycles. The van der Waals surface area contributed by atoms with Crippen molar-refractivity contribution in [1.82, 2.24) is 9.88 Å². The topological polar surface area (TPSA) is 63.5 Å². The van der Waals surface area contributed by atoms with Crippen molar-refractivity contribution >= 4 is 17.0 Å². The lowest BCUT2D eigenvalue weighted by Crippen LogP contribution is -2.38. The van der Waals surface area contributed by atoms with E-state index >= 15 is 0 Å². The van der Waals surface area contributed by atoms with E-state index in [4.69, 9.17) is 4.74 Å². The van der Waals surface area contributed by atoms with Crippen LogP contribution in [0.5, 0.6) is 5.75 Å². The summed E-state index contributed by atoms with van der Waals surface area (Å²) in [6.07, 6.45) is 2.52. The third-order valence-corrected chi connectivity index (χ3v) is 4.34.